The number of carbonyl (C=O) groups is 2. The summed E-state index contributed by atoms with van der Waals surface area (Å²) >= 11 is 0. The fraction of sp³-hybridized carbons (Fsp3) is 0.429. The Balaban J connectivity index is 2.01. The number of imide groups is 1. The van der Waals surface area contributed by atoms with Gasteiger partial charge in [0.25, 0.3) is 0 Å². The first-order chi connectivity index (χ1) is 9.11. The number of carbonyl (C=O) groups excluding carboxylic acids is 2. The van der Waals surface area contributed by atoms with Crippen molar-refractivity contribution in [3.63, 3.8) is 0 Å². The lowest BCUT2D eigenvalue weighted by Crippen LogP contribution is -2.33. The molecule has 19 heavy (non-hydrogen) atoms. The maximum Gasteiger partial charge on any atom is 0.229 e. The Hall–Kier alpha value is -1.88. The number of β-amino-alcohol motifs (C(OH)–C–C–N with tert-alkyl or cyclic N) is 1. The molecule has 0 saturated carbocycles. The molecule has 0 bridgehead atoms. The molecule has 5 nitrogen and oxygen atoms in total. The van der Waals surface area contributed by atoms with Crippen LogP contribution in [-0.2, 0) is 9.59 Å². The highest BCUT2D eigenvalue weighted by atomic mass is 16.5. The van der Waals surface area contributed by atoms with Gasteiger partial charge < -0.3 is 9.84 Å². The highest BCUT2D eigenvalue weighted by Crippen LogP contribution is 2.21. The topological polar surface area (TPSA) is 66.8 Å². The largest absolute Gasteiger partial charge is 0.494 e. The number of hydrogen-bond acceptors (Lipinski definition) is 4. The number of ether oxygens (including phenoxy) is 1. The third kappa shape index (κ3) is 3.12. The van der Waals surface area contributed by atoms with Crippen LogP contribution in [0.4, 0.5) is 0 Å². The Morgan fingerprint density at radius 1 is 1.21 bits per heavy atom. The van der Waals surface area contributed by atoms with Crippen LogP contribution in [0.2, 0.25) is 0 Å². The van der Waals surface area contributed by atoms with Crippen LogP contribution in [0.1, 0.15) is 31.4 Å². The first-order valence-electron chi connectivity index (χ1n) is 6.36. The summed E-state index contributed by atoms with van der Waals surface area (Å²) in [5, 5.41) is 10.1. The molecule has 1 atom stereocenters. The van der Waals surface area contributed by atoms with Gasteiger partial charge in [-0.25, -0.2) is 0 Å². The zero-order valence-electron chi connectivity index (χ0n) is 10.8. The molecule has 2 amide bonds. The molecule has 1 aromatic carbocycles. The number of benzene rings is 1. The second-order valence-corrected chi connectivity index (χ2v) is 4.42. The van der Waals surface area contributed by atoms with E-state index in [-0.39, 0.29) is 31.2 Å². The number of aliphatic hydroxyl groups is 1. The van der Waals surface area contributed by atoms with Gasteiger partial charge >= 0.3 is 0 Å². The monoisotopic (exact) mass is 263 g/mol. The van der Waals surface area contributed by atoms with Crippen LogP contribution in [0.25, 0.3) is 0 Å². The van der Waals surface area contributed by atoms with Gasteiger partial charge in [-0.2, -0.15) is 0 Å². The van der Waals surface area contributed by atoms with E-state index in [2.05, 4.69) is 0 Å². The van der Waals surface area contributed by atoms with E-state index in [4.69, 9.17) is 4.74 Å². The minimum absolute atomic E-state index is 0.0195. The van der Waals surface area contributed by atoms with Crippen LogP contribution >= 0.6 is 0 Å². The van der Waals surface area contributed by atoms with E-state index in [9.17, 15) is 14.7 Å². The maximum atomic E-state index is 11.5. The standard InChI is InChI=1S/C14H17NO4/c1-2-19-11-5-3-10(4-6-11)12(16)9-15-13(17)7-8-14(15)18/h3-6,12,16H,2,7-9H2,1H3. The zero-order chi connectivity index (χ0) is 13.8. The van der Waals surface area contributed by atoms with E-state index < -0.39 is 6.10 Å². The van der Waals surface area contributed by atoms with Gasteiger partial charge in [0.2, 0.25) is 11.8 Å². The van der Waals surface area contributed by atoms with Crippen LogP contribution in [0.3, 0.4) is 0 Å². The summed E-state index contributed by atoms with van der Waals surface area (Å²) < 4.78 is 5.31. The molecule has 1 N–H and O–H groups in total. The first-order valence-corrected chi connectivity index (χ1v) is 6.36. The average molecular weight is 263 g/mol. The van der Waals surface area contributed by atoms with Crippen molar-refractivity contribution < 1.29 is 19.4 Å². The Morgan fingerprint density at radius 3 is 2.32 bits per heavy atom. The van der Waals surface area contributed by atoms with Crippen LogP contribution in [0.5, 0.6) is 5.75 Å². The summed E-state index contributed by atoms with van der Waals surface area (Å²) in [7, 11) is 0. The summed E-state index contributed by atoms with van der Waals surface area (Å²) in [5.74, 6) is 0.303. The molecule has 0 aliphatic carbocycles. The summed E-state index contributed by atoms with van der Waals surface area (Å²) in [6, 6.07) is 6.99. The second kappa shape index (κ2) is 5.84. The van der Waals surface area contributed by atoms with Crippen LogP contribution < -0.4 is 4.74 Å². The third-order valence-electron chi connectivity index (χ3n) is 3.09. The lowest BCUT2D eigenvalue weighted by Gasteiger charge is -2.18. The molecular weight excluding hydrogens is 246 g/mol. The molecule has 0 radical (unpaired) electrons. The molecule has 0 aromatic heterocycles. The number of hydrogen-bond donors (Lipinski definition) is 1. The Bertz CT molecular complexity index is 453. The molecule has 102 valence electrons. The van der Waals surface area contributed by atoms with Crippen LogP contribution in [-0.4, -0.2) is 35.0 Å². The lowest BCUT2D eigenvalue weighted by molar-refractivity contribution is -0.140. The zero-order valence-corrected chi connectivity index (χ0v) is 10.8. The van der Waals surface area contributed by atoms with Gasteiger partial charge in [-0.3, -0.25) is 14.5 Å². The molecule has 1 unspecified atom stereocenters. The van der Waals surface area contributed by atoms with E-state index in [0.29, 0.717) is 12.2 Å². The maximum absolute atomic E-state index is 11.5. The Kier molecular flexibility index (Phi) is 4.16. The average Bonchev–Trinajstić information content (AvgIpc) is 2.72. The van der Waals surface area contributed by atoms with Crippen molar-refractivity contribution in [3.05, 3.63) is 29.8 Å². The normalized spacial score (nSPS) is 16.8. The van der Waals surface area contributed by atoms with Gasteiger partial charge in [-0.05, 0) is 24.6 Å². The summed E-state index contributed by atoms with van der Waals surface area (Å²) in [6.07, 6.45) is -0.370. The van der Waals surface area contributed by atoms with Crippen molar-refractivity contribution in [2.24, 2.45) is 0 Å². The Labute approximate surface area is 111 Å². The highest BCUT2D eigenvalue weighted by molar-refractivity contribution is 6.01. The second-order valence-electron chi connectivity index (χ2n) is 4.42. The molecule has 2 rings (SSSR count). The van der Waals surface area contributed by atoms with E-state index in [1.807, 2.05) is 6.92 Å². The highest BCUT2D eigenvalue weighted by Gasteiger charge is 2.30. The van der Waals surface area contributed by atoms with E-state index in [0.717, 1.165) is 10.6 Å². The summed E-state index contributed by atoms with van der Waals surface area (Å²) in [5.41, 5.74) is 0.663. The van der Waals surface area contributed by atoms with Crippen molar-refractivity contribution in [1.29, 1.82) is 0 Å². The predicted octanol–water partition coefficient (Wildman–Crippen LogP) is 1.27. The number of aliphatic hydroxyl groups excluding tert-OH is 1. The number of nitrogens with zero attached hydrogens (tertiary/aromatic N) is 1. The van der Waals surface area contributed by atoms with Gasteiger partial charge in [0.15, 0.2) is 0 Å². The minimum atomic E-state index is -0.860. The smallest absolute Gasteiger partial charge is 0.229 e. The molecule has 1 saturated heterocycles. The molecule has 1 fully saturated rings. The molecule has 5 heteroatoms. The van der Waals surface area contributed by atoms with Gasteiger partial charge in [0.1, 0.15) is 5.75 Å². The van der Waals surface area contributed by atoms with Crippen molar-refractivity contribution in [2.75, 3.05) is 13.2 Å². The fourth-order valence-corrected chi connectivity index (χ4v) is 2.06. The predicted molar refractivity (Wildman–Crippen MR) is 68.5 cm³/mol. The fourth-order valence-electron chi connectivity index (χ4n) is 2.06. The van der Waals surface area contributed by atoms with Gasteiger partial charge in [0, 0.05) is 12.8 Å². The van der Waals surface area contributed by atoms with Crippen LogP contribution in [0.15, 0.2) is 24.3 Å². The van der Waals surface area contributed by atoms with Crippen molar-refractivity contribution in [3.8, 4) is 5.75 Å². The van der Waals surface area contributed by atoms with Gasteiger partial charge in [-0.1, -0.05) is 12.1 Å². The van der Waals surface area contributed by atoms with Crippen molar-refractivity contribution in [1.82, 2.24) is 4.90 Å². The minimum Gasteiger partial charge on any atom is -0.494 e. The number of likely N-dealkylation sites (tertiary alicyclic amines) is 1. The SMILES string of the molecule is CCOc1ccc(C(O)CN2C(=O)CCC2=O)cc1. The third-order valence-corrected chi connectivity index (χ3v) is 3.09. The lowest BCUT2D eigenvalue weighted by atomic mass is 10.1. The van der Waals surface area contributed by atoms with Gasteiger partial charge in [0.05, 0.1) is 19.3 Å². The summed E-state index contributed by atoms with van der Waals surface area (Å²) in [4.78, 5) is 24.1. The van der Waals surface area contributed by atoms with E-state index >= 15 is 0 Å². The van der Waals surface area contributed by atoms with E-state index in [1.165, 1.54) is 0 Å². The number of amides is 2. The number of rotatable bonds is 5. The summed E-state index contributed by atoms with van der Waals surface area (Å²) in [6.45, 7) is 2.50. The quantitative estimate of drug-likeness (QED) is 0.812. The Morgan fingerprint density at radius 2 is 1.79 bits per heavy atom. The molecular formula is C14H17NO4. The van der Waals surface area contributed by atoms with Crippen molar-refractivity contribution in [2.45, 2.75) is 25.9 Å². The van der Waals surface area contributed by atoms with Crippen molar-refractivity contribution >= 4 is 11.8 Å². The van der Waals surface area contributed by atoms with Gasteiger partial charge in [-0.15, -0.1) is 0 Å². The first kappa shape index (κ1) is 13.5. The molecule has 1 aliphatic rings. The molecule has 1 heterocycles. The molecule has 1 aliphatic heterocycles. The molecule has 1 aromatic rings. The van der Waals surface area contributed by atoms with Crippen LogP contribution in [0, 0.1) is 0 Å². The molecule has 0 spiro atoms. The van der Waals surface area contributed by atoms with E-state index in [1.54, 1.807) is 24.3 Å².